The van der Waals surface area contributed by atoms with E-state index in [1.54, 1.807) is 24.3 Å². The summed E-state index contributed by atoms with van der Waals surface area (Å²) in [5.74, 6) is -0.105. The number of aliphatic hydroxyl groups excluding tert-OH is 1. The topological polar surface area (TPSA) is 75.4 Å². The number of amides is 1. The predicted octanol–water partition coefficient (Wildman–Crippen LogP) is 2.68. The Kier molecular flexibility index (Phi) is 8.90. The molecule has 1 unspecified atom stereocenters. The van der Waals surface area contributed by atoms with E-state index in [1.807, 2.05) is 13.8 Å². The molecule has 1 atom stereocenters. The van der Waals surface area contributed by atoms with Gasteiger partial charge in [0.15, 0.2) is 0 Å². The predicted molar refractivity (Wildman–Crippen MR) is 88.7 cm³/mol. The lowest BCUT2D eigenvalue weighted by Gasteiger charge is -2.29. The number of halogens is 2. The van der Waals surface area contributed by atoms with Gasteiger partial charge in [0.1, 0.15) is 0 Å². The molecule has 4 nitrogen and oxygen atoms in total. The summed E-state index contributed by atoms with van der Waals surface area (Å²) in [6, 6.07) is 6.97. The van der Waals surface area contributed by atoms with Crippen molar-refractivity contribution in [3.05, 3.63) is 34.9 Å². The highest BCUT2D eigenvalue weighted by molar-refractivity contribution is 6.30. The van der Waals surface area contributed by atoms with Gasteiger partial charge in [0.25, 0.3) is 0 Å². The van der Waals surface area contributed by atoms with Crippen LogP contribution in [0, 0.1) is 5.41 Å². The van der Waals surface area contributed by atoms with Gasteiger partial charge >= 0.3 is 0 Å². The molecule has 1 amide bonds. The van der Waals surface area contributed by atoms with Crippen LogP contribution in [0.3, 0.4) is 0 Å². The molecule has 0 spiro atoms. The molecule has 1 aromatic rings. The van der Waals surface area contributed by atoms with E-state index in [4.69, 9.17) is 17.3 Å². The Morgan fingerprint density at radius 3 is 2.52 bits per heavy atom. The molecule has 0 aliphatic rings. The second kappa shape index (κ2) is 9.26. The molecule has 0 saturated heterocycles. The van der Waals surface area contributed by atoms with Crippen molar-refractivity contribution in [3.8, 4) is 0 Å². The van der Waals surface area contributed by atoms with Crippen molar-refractivity contribution in [3.63, 3.8) is 0 Å². The Balaban J connectivity index is 0.00000400. The lowest BCUT2D eigenvalue weighted by atomic mass is 9.81. The summed E-state index contributed by atoms with van der Waals surface area (Å²) >= 11 is 5.88. The van der Waals surface area contributed by atoms with E-state index >= 15 is 0 Å². The third-order valence-corrected chi connectivity index (χ3v) is 4.15. The standard InChI is InChI=1S/C15H23ClN2O2.ClH/c1-3-15(4-2,10-17)14(20)18-9-13(19)11-6-5-7-12(16)8-11;/h5-8,13,19H,3-4,9-10,17H2,1-2H3,(H,18,20);1H. The molecular weight excluding hydrogens is 311 g/mol. The zero-order valence-electron chi connectivity index (χ0n) is 12.4. The fourth-order valence-electron chi connectivity index (χ4n) is 2.16. The van der Waals surface area contributed by atoms with Gasteiger partial charge in [-0.25, -0.2) is 0 Å². The van der Waals surface area contributed by atoms with E-state index in [9.17, 15) is 9.90 Å². The summed E-state index contributed by atoms with van der Waals surface area (Å²) < 4.78 is 0. The summed E-state index contributed by atoms with van der Waals surface area (Å²) in [6.45, 7) is 4.35. The number of hydrogen-bond acceptors (Lipinski definition) is 3. The first-order chi connectivity index (χ1) is 9.49. The molecule has 6 heteroatoms. The third-order valence-electron chi connectivity index (χ3n) is 3.92. The van der Waals surface area contributed by atoms with Crippen LogP contribution >= 0.6 is 24.0 Å². The van der Waals surface area contributed by atoms with Crippen LogP contribution in [0.15, 0.2) is 24.3 Å². The van der Waals surface area contributed by atoms with Crippen LogP contribution in [-0.2, 0) is 4.79 Å². The molecule has 1 aromatic carbocycles. The van der Waals surface area contributed by atoms with E-state index in [1.165, 1.54) is 0 Å². The smallest absolute Gasteiger partial charge is 0.227 e. The molecular formula is C15H24Cl2N2O2. The van der Waals surface area contributed by atoms with Crippen molar-refractivity contribution < 1.29 is 9.90 Å². The molecule has 0 fully saturated rings. The quantitative estimate of drug-likeness (QED) is 0.717. The second-order valence-corrected chi connectivity index (χ2v) is 5.41. The van der Waals surface area contributed by atoms with E-state index in [0.717, 1.165) is 0 Å². The Bertz CT molecular complexity index is 443. The fourth-order valence-corrected chi connectivity index (χ4v) is 2.36. The lowest BCUT2D eigenvalue weighted by Crippen LogP contribution is -2.46. The molecule has 120 valence electrons. The lowest BCUT2D eigenvalue weighted by molar-refractivity contribution is -0.131. The molecule has 0 heterocycles. The second-order valence-electron chi connectivity index (χ2n) is 4.97. The van der Waals surface area contributed by atoms with Crippen LogP contribution in [0.5, 0.6) is 0 Å². The van der Waals surface area contributed by atoms with Crippen LogP contribution in [0.4, 0.5) is 0 Å². The van der Waals surface area contributed by atoms with Crippen molar-refractivity contribution in [2.75, 3.05) is 13.1 Å². The maximum Gasteiger partial charge on any atom is 0.227 e. The summed E-state index contributed by atoms with van der Waals surface area (Å²) in [4.78, 5) is 12.2. The highest BCUT2D eigenvalue weighted by Gasteiger charge is 2.33. The number of carbonyl (C=O) groups excluding carboxylic acids is 1. The number of nitrogens with one attached hydrogen (secondary N) is 1. The average Bonchev–Trinajstić information content (AvgIpc) is 2.47. The van der Waals surface area contributed by atoms with Crippen molar-refractivity contribution in [2.24, 2.45) is 11.1 Å². The summed E-state index contributed by atoms with van der Waals surface area (Å²) in [6.07, 6.45) is 0.583. The number of rotatable bonds is 7. The van der Waals surface area contributed by atoms with Gasteiger partial charge in [-0.15, -0.1) is 12.4 Å². The number of nitrogens with two attached hydrogens (primary N) is 1. The molecule has 0 bridgehead atoms. The molecule has 0 aliphatic carbocycles. The molecule has 4 N–H and O–H groups in total. The van der Waals surface area contributed by atoms with Gasteiger partial charge in [0.2, 0.25) is 5.91 Å². The van der Waals surface area contributed by atoms with Gasteiger partial charge in [-0.05, 0) is 30.5 Å². The first-order valence-corrected chi connectivity index (χ1v) is 7.28. The van der Waals surface area contributed by atoms with E-state index in [-0.39, 0.29) is 24.9 Å². The first-order valence-electron chi connectivity index (χ1n) is 6.91. The normalized spacial score (nSPS) is 12.4. The Hall–Kier alpha value is -0.810. The molecule has 0 aliphatic heterocycles. The minimum atomic E-state index is -0.776. The summed E-state index contributed by atoms with van der Waals surface area (Å²) in [5.41, 5.74) is 5.86. The van der Waals surface area contributed by atoms with E-state index < -0.39 is 11.5 Å². The largest absolute Gasteiger partial charge is 0.387 e. The van der Waals surface area contributed by atoms with Crippen molar-refractivity contribution >= 4 is 29.9 Å². The van der Waals surface area contributed by atoms with Crippen molar-refractivity contribution in [2.45, 2.75) is 32.8 Å². The Labute approximate surface area is 137 Å². The molecule has 0 saturated carbocycles. The van der Waals surface area contributed by atoms with Crippen LogP contribution in [-0.4, -0.2) is 24.1 Å². The Morgan fingerprint density at radius 1 is 1.43 bits per heavy atom. The number of carbonyl (C=O) groups is 1. The zero-order valence-corrected chi connectivity index (χ0v) is 14.0. The highest BCUT2D eigenvalue weighted by Crippen LogP contribution is 2.25. The van der Waals surface area contributed by atoms with Gasteiger partial charge in [-0.1, -0.05) is 37.6 Å². The maximum atomic E-state index is 12.2. The van der Waals surface area contributed by atoms with E-state index in [0.29, 0.717) is 30.0 Å². The van der Waals surface area contributed by atoms with Gasteiger partial charge in [0, 0.05) is 18.1 Å². The molecule has 0 aromatic heterocycles. The molecule has 0 radical (unpaired) electrons. The van der Waals surface area contributed by atoms with Crippen molar-refractivity contribution in [1.82, 2.24) is 5.32 Å². The SMILES string of the molecule is CCC(CC)(CN)C(=O)NCC(O)c1cccc(Cl)c1.Cl. The van der Waals surface area contributed by atoms with Crippen LogP contribution in [0.2, 0.25) is 5.02 Å². The average molecular weight is 335 g/mol. The van der Waals surface area contributed by atoms with Gasteiger partial charge in [-0.3, -0.25) is 4.79 Å². The van der Waals surface area contributed by atoms with E-state index in [2.05, 4.69) is 5.32 Å². The number of hydrogen-bond donors (Lipinski definition) is 3. The van der Waals surface area contributed by atoms with Gasteiger partial charge < -0.3 is 16.2 Å². The third kappa shape index (κ3) is 5.15. The monoisotopic (exact) mass is 334 g/mol. The fraction of sp³-hybridized carbons (Fsp3) is 0.533. The molecule has 1 rings (SSSR count). The van der Waals surface area contributed by atoms with Gasteiger partial charge in [0.05, 0.1) is 11.5 Å². The van der Waals surface area contributed by atoms with Crippen LogP contribution in [0.25, 0.3) is 0 Å². The van der Waals surface area contributed by atoms with Crippen LogP contribution in [0.1, 0.15) is 38.4 Å². The minimum absolute atomic E-state index is 0. The van der Waals surface area contributed by atoms with Gasteiger partial charge in [-0.2, -0.15) is 0 Å². The Morgan fingerprint density at radius 2 is 2.05 bits per heavy atom. The minimum Gasteiger partial charge on any atom is -0.387 e. The first kappa shape index (κ1) is 20.2. The maximum absolute atomic E-state index is 12.2. The summed E-state index contributed by atoms with van der Waals surface area (Å²) in [5, 5.41) is 13.4. The molecule has 21 heavy (non-hydrogen) atoms. The number of benzene rings is 1. The zero-order chi connectivity index (χ0) is 15.2. The van der Waals surface area contributed by atoms with Crippen molar-refractivity contribution in [1.29, 1.82) is 0 Å². The highest BCUT2D eigenvalue weighted by atomic mass is 35.5. The number of aliphatic hydroxyl groups is 1. The van der Waals surface area contributed by atoms with Crippen LogP contribution < -0.4 is 11.1 Å². The summed E-state index contributed by atoms with van der Waals surface area (Å²) in [7, 11) is 0.